The minimum absolute atomic E-state index is 0.00239. The number of carbonyl (C=O) groups excluding carboxylic acids is 3. The second-order valence-electron chi connectivity index (χ2n) is 5.70. The Labute approximate surface area is 143 Å². The molecule has 131 valence electrons. The highest BCUT2D eigenvalue weighted by atomic mass is 16.7. The third-order valence-electron chi connectivity index (χ3n) is 3.54. The SMILES string of the molecule is CCCCCCCC(=O)c1ccc(OC(C)OC(C)=O)c([C]=O)c1. The lowest BCUT2D eigenvalue weighted by molar-refractivity contribution is -0.158. The normalized spacial score (nSPS) is 11.6. The first-order valence-electron chi connectivity index (χ1n) is 8.37. The van der Waals surface area contributed by atoms with Crippen LogP contribution in [0.2, 0.25) is 0 Å². The quantitative estimate of drug-likeness (QED) is 0.265. The van der Waals surface area contributed by atoms with Crippen molar-refractivity contribution < 1.29 is 23.9 Å². The Morgan fingerprint density at radius 1 is 1.17 bits per heavy atom. The molecule has 0 spiro atoms. The summed E-state index contributed by atoms with van der Waals surface area (Å²) in [7, 11) is 0. The average Bonchev–Trinajstić information content (AvgIpc) is 2.54. The number of benzene rings is 1. The van der Waals surface area contributed by atoms with Gasteiger partial charge in [-0.05, 0) is 24.6 Å². The standard InChI is InChI=1S/C19H25O5/c1-4-5-6-7-8-9-18(22)16-10-11-19(17(12-16)13-20)24-15(3)23-14(2)21/h10-12,15H,4-9H2,1-3H3. The van der Waals surface area contributed by atoms with Gasteiger partial charge in [0, 0.05) is 25.8 Å². The van der Waals surface area contributed by atoms with Gasteiger partial charge in [-0.3, -0.25) is 14.4 Å². The zero-order valence-electron chi connectivity index (χ0n) is 14.6. The van der Waals surface area contributed by atoms with Crippen molar-refractivity contribution in [1.29, 1.82) is 0 Å². The molecule has 1 aromatic rings. The summed E-state index contributed by atoms with van der Waals surface area (Å²) in [6, 6.07) is 4.62. The summed E-state index contributed by atoms with van der Waals surface area (Å²) in [6.45, 7) is 4.97. The molecule has 0 bridgehead atoms. The Bertz CT molecular complexity index is 565. The lowest BCUT2D eigenvalue weighted by atomic mass is 10.0. The molecule has 0 N–H and O–H groups in total. The first-order chi connectivity index (χ1) is 11.5. The van der Waals surface area contributed by atoms with Crippen LogP contribution in [0.5, 0.6) is 5.75 Å². The summed E-state index contributed by atoms with van der Waals surface area (Å²) in [4.78, 5) is 34.2. The summed E-state index contributed by atoms with van der Waals surface area (Å²) >= 11 is 0. The van der Waals surface area contributed by atoms with E-state index in [0.717, 1.165) is 19.3 Å². The van der Waals surface area contributed by atoms with E-state index < -0.39 is 12.3 Å². The number of rotatable bonds is 11. The van der Waals surface area contributed by atoms with E-state index in [1.54, 1.807) is 19.3 Å². The molecule has 0 aliphatic carbocycles. The van der Waals surface area contributed by atoms with Gasteiger partial charge in [-0.15, -0.1) is 0 Å². The summed E-state index contributed by atoms with van der Waals surface area (Å²) in [6.07, 6.45) is 6.78. The molecule has 1 atom stereocenters. The van der Waals surface area contributed by atoms with E-state index in [1.807, 2.05) is 0 Å². The van der Waals surface area contributed by atoms with Crippen LogP contribution in [0.25, 0.3) is 0 Å². The predicted octanol–water partition coefficient (Wildman–Crippen LogP) is 3.98. The van der Waals surface area contributed by atoms with Gasteiger partial charge in [0.05, 0.1) is 5.56 Å². The minimum Gasteiger partial charge on any atom is -0.454 e. The monoisotopic (exact) mass is 333 g/mol. The van der Waals surface area contributed by atoms with Gasteiger partial charge in [0.25, 0.3) is 0 Å². The molecule has 0 heterocycles. The number of ketones is 1. The fourth-order valence-corrected chi connectivity index (χ4v) is 2.36. The van der Waals surface area contributed by atoms with E-state index in [4.69, 9.17) is 9.47 Å². The maximum atomic E-state index is 12.2. The topological polar surface area (TPSA) is 69.7 Å². The Hall–Kier alpha value is -2.17. The van der Waals surface area contributed by atoms with Gasteiger partial charge in [0.1, 0.15) is 5.75 Å². The predicted molar refractivity (Wildman–Crippen MR) is 90.8 cm³/mol. The van der Waals surface area contributed by atoms with Gasteiger partial charge in [0.2, 0.25) is 12.6 Å². The molecule has 1 unspecified atom stereocenters. The first kappa shape index (κ1) is 19.9. The smallest absolute Gasteiger partial charge is 0.305 e. The molecular weight excluding hydrogens is 308 g/mol. The van der Waals surface area contributed by atoms with Crippen molar-refractivity contribution in [2.45, 2.75) is 65.6 Å². The van der Waals surface area contributed by atoms with E-state index in [0.29, 0.717) is 12.0 Å². The van der Waals surface area contributed by atoms with Crippen LogP contribution >= 0.6 is 0 Å². The van der Waals surface area contributed by atoms with Crippen molar-refractivity contribution in [1.82, 2.24) is 0 Å². The van der Waals surface area contributed by atoms with Crippen molar-refractivity contribution in [3.05, 3.63) is 29.3 Å². The molecule has 1 aromatic carbocycles. The van der Waals surface area contributed by atoms with E-state index in [9.17, 15) is 14.4 Å². The second kappa shape index (κ2) is 10.6. The zero-order valence-corrected chi connectivity index (χ0v) is 14.6. The number of Topliss-reactive ketones (excluding diaryl/α,β-unsaturated/α-hetero) is 1. The number of hydrogen-bond acceptors (Lipinski definition) is 5. The second-order valence-corrected chi connectivity index (χ2v) is 5.70. The first-order valence-corrected chi connectivity index (χ1v) is 8.37. The Morgan fingerprint density at radius 3 is 2.50 bits per heavy atom. The van der Waals surface area contributed by atoms with Crippen LogP contribution in [0.1, 0.15) is 75.2 Å². The number of unbranched alkanes of at least 4 members (excludes halogenated alkanes) is 4. The van der Waals surface area contributed by atoms with Crippen LogP contribution in [0.15, 0.2) is 18.2 Å². The molecule has 1 radical (unpaired) electrons. The fourth-order valence-electron chi connectivity index (χ4n) is 2.36. The molecule has 0 fully saturated rings. The van der Waals surface area contributed by atoms with Crippen molar-refractivity contribution in [3.63, 3.8) is 0 Å². The van der Waals surface area contributed by atoms with E-state index in [-0.39, 0.29) is 17.1 Å². The number of ether oxygens (including phenoxy) is 2. The van der Waals surface area contributed by atoms with E-state index in [1.165, 1.54) is 31.9 Å². The van der Waals surface area contributed by atoms with Gasteiger partial charge in [0.15, 0.2) is 5.78 Å². The molecule has 5 nitrogen and oxygen atoms in total. The molecule has 0 aromatic heterocycles. The average molecular weight is 333 g/mol. The van der Waals surface area contributed by atoms with E-state index >= 15 is 0 Å². The highest BCUT2D eigenvalue weighted by Crippen LogP contribution is 2.21. The maximum Gasteiger partial charge on any atom is 0.305 e. The van der Waals surface area contributed by atoms with Crippen LogP contribution in [-0.4, -0.2) is 24.3 Å². The van der Waals surface area contributed by atoms with Crippen molar-refractivity contribution >= 4 is 18.0 Å². The van der Waals surface area contributed by atoms with Crippen LogP contribution in [-0.2, 0) is 14.3 Å². The number of carbonyl (C=O) groups is 2. The minimum atomic E-state index is -0.824. The third kappa shape index (κ3) is 6.94. The molecule has 24 heavy (non-hydrogen) atoms. The molecule has 0 aliphatic heterocycles. The largest absolute Gasteiger partial charge is 0.454 e. The fraction of sp³-hybridized carbons (Fsp3) is 0.526. The van der Waals surface area contributed by atoms with Crippen LogP contribution < -0.4 is 4.74 Å². The Morgan fingerprint density at radius 2 is 1.88 bits per heavy atom. The van der Waals surface area contributed by atoms with Crippen molar-refractivity contribution in [2.75, 3.05) is 0 Å². The van der Waals surface area contributed by atoms with Crippen molar-refractivity contribution in [2.24, 2.45) is 0 Å². The summed E-state index contributed by atoms with van der Waals surface area (Å²) < 4.78 is 10.2. The number of esters is 1. The molecular formula is C19H25O5. The maximum absolute atomic E-state index is 12.2. The Kier molecular flexibility index (Phi) is 8.76. The molecule has 1 rings (SSSR count). The van der Waals surface area contributed by atoms with Crippen LogP contribution in [0, 0.1) is 0 Å². The highest BCUT2D eigenvalue weighted by Gasteiger charge is 2.14. The summed E-state index contributed by atoms with van der Waals surface area (Å²) in [5, 5.41) is 0. The molecule has 5 heteroatoms. The molecule has 0 amide bonds. The van der Waals surface area contributed by atoms with Gasteiger partial charge < -0.3 is 9.47 Å². The Balaban J connectivity index is 2.66. The molecule has 0 saturated carbocycles. The zero-order chi connectivity index (χ0) is 17.9. The molecule has 0 saturated heterocycles. The van der Waals surface area contributed by atoms with Gasteiger partial charge >= 0.3 is 5.97 Å². The summed E-state index contributed by atoms with van der Waals surface area (Å²) in [5.74, 6) is -0.241. The van der Waals surface area contributed by atoms with Crippen LogP contribution in [0.3, 0.4) is 0 Å². The van der Waals surface area contributed by atoms with Crippen LogP contribution in [0.4, 0.5) is 0 Å². The van der Waals surface area contributed by atoms with Gasteiger partial charge in [-0.2, -0.15) is 0 Å². The van der Waals surface area contributed by atoms with Gasteiger partial charge in [-0.25, -0.2) is 0 Å². The number of hydrogen-bond donors (Lipinski definition) is 0. The summed E-state index contributed by atoms with van der Waals surface area (Å²) in [5.41, 5.74) is 0.613. The highest BCUT2D eigenvalue weighted by molar-refractivity contribution is 5.98. The third-order valence-corrected chi connectivity index (χ3v) is 3.54. The van der Waals surface area contributed by atoms with Crippen molar-refractivity contribution in [3.8, 4) is 5.75 Å². The van der Waals surface area contributed by atoms with E-state index in [2.05, 4.69) is 6.92 Å². The lowest BCUT2D eigenvalue weighted by Gasteiger charge is -2.15. The van der Waals surface area contributed by atoms with Gasteiger partial charge in [-0.1, -0.05) is 32.6 Å². The molecule has 0 aliphatic rings. The lowest BCUT2D eigenvalue weighted by Crippen LogP contribution is -2.19.